The molecule has 0 fully saturated rings. The van der Waals surface area contributed by atoms with Crippen LogP contribution >= 0.6 is 54.5 Å². The van der Waals surface area contributed by atoms with Crippen molar-refractivity contribution in [2.24, 2.45) is 0 Å². The predicted molar refractivity (Wildman–Crippen MR) is 314 cm³/mol. The molecule has 0 saturated heterocycles. The van der Waals surface area contributed by atoms with Crippen molar-refractivity contribution in [3.63, 3.8) is 0 Å². The minimum atomic E-state index is -1.38. The van der Waals surface area contributed by atoms with Gasteiger partial charge in [0, 0.05) is 12.5 Å². The lowest BCUT2D eigenvalue weighted by atomic mass is 9.81. The van der Waals surface area contributed by atoms with E-state index in [9.17, 15) is 0 Å². The van der Waals surface area contributed by atoms with Crippen LogP contribution in [-0.2, 0) is 0 Å². The van der Waals surface area contributed by atoms with Gasteiger partial charge in [0.05, 0.1) is 0 Å². The van der Waals surface area contributed by atoms with E-state index in [0.29, 0.717) is 5.46 Å². The molecule has 0 aromatic heterocycles. The molecule has 12 aromatic carbocycles. The summed E-state index contributed by atoms with van der Waals surface area (Å²) >= 11 is 9.26. The van der Waals surface area contributed by atoms with Crippen LogP contribution in [0.15, 0.2) is 264 Å². The topological polar surface area (TPSA) is 40.5 Å². The van der Waals surface area contributed by atoms with Crippen molar-refractivity contribution < 1.29 is 14.8 Å². The van der Waals surface area contributed by atoms with E-state index in [1.54, 1.807) is 18.2 Å². The van der Waals surface area contributed by atoms with Gasteiger partial charge in [-0.15, -0.1) is 0 Å². The molecule has 344 valence electrons. The molecule has 0 aliphatic rings. The van der Waals surface area contributed by atoms with Crippen molar-refractivity contribution in [3.05, 3.63) is 267 Å². The van der Waals surface area contributed by atoms with Gasteiger partial charge in [-0.2, -0.15) is 0 Å². The van der Waals surface area contributed by atoms with Crippen LogP contribution in [0.2, 0.25) is 0 Å². The van der Waals surface area contributed by atoms with E-state index in [1.165, 1.54) is 102 Å². The average Bonchev–Trinajstić information content (AvgIpc) is 3.40. The highest BCUT2D eigenvalue weighted by atomic mass is 127. The Kier molecular flexibility index (Phi) is 15.7. The molecule has 0 radical (unpaired) electrons. The van der Waals surface area contributed by atoms with Crippen LogP contribution in [0.3, 0.4) is 0 Å². The van der Waals surface area contributed by atoms with Crippen LogP contribution in [0, 0.1) is 3.57 Å². The number of hydrogen-bond donors (Lipinski definition) is 2. The monoisotopic (exact) mass is 1160 g/mol. The van der Waals surface area contributed by atoms with Crippen LogP contribution in [0.4, 0.5) is 0 Å². The fraction of sp³-hybridized carbons (Fsp3) is 0. The van der Waals surface area contributed by atoms with Gasteiger partial charge in [-0.1, -0.05) is 244 Å². The molecule has 12 aromatic rings. The molecule has 12 rings (SSSR count). The van der Waals surface area contributed by atoms with Crippen LogP contribution in [0.1, 0.15) is 0 Å². The molecule has 71 heavy (non-hydrogen) atoms. The maximum Gasteiger partial charge on any atom is 0.488 e. The standard InChI is InChI=1S/C32H21Br.C26H17I.C6H6BBrO2.FH/c33-26-15-9-14-24(20-26)25-18-19-29-30(21-25)32(23-12-5-2-6-13-23)28-17-8-7-16-27(28)31(29)22-10-3-1-4-11-22;27-20-15-16-23-24(17-20)26(19-11-5-2-6-12-19)22-14-8-7-13-21(22)25(23)18-9-3-1-4-10-18;8-6-3-1-2-5(4-6)7(9)10;/h1-21H;1-17H;1-4,9-10H;1H/p-1. The van der Waals surface area contributed by atoms with E-state index in [0.717, 1.165) is 8.95 Å². The molecule has 2 nitrogen and oxygen atoms in total. The van der Waals surface area contributed by atoms with Gasteiger partial charge in [0.2, 0.25) is 0 Å². The first-order chi connectivity index (χ1) is 34.3. The Morgan fingerprint density at radius 3 is 1.00 bits per heavy atom. The first-order valence-electron chi connectivity index (χ1n) is 23.0. The van der Waals surface area contributed by atoms with Gasteiger partial charge >= 0.3 is 7.12 Å². The molecule has 0 amide bonds. The maximum absolute atomic E-state index is 8.68. The molecule has 0 saturated carbocycles. The highest BCUT2D eigenvalue weighted by Crippen LogP contribution is 2.46. The zero-order valence-corrected chi connectivity index (χ0v) is 43.6. The van der Waals surface area contributed by atoms with Crippen molar-refractivity contribution in [1.29, 1.82) is 0 Å². The second kappa shape index (κ2) is 22.6. The quantitative estimate of drug-likeness (QED) is 0.0990. The number of fused-ring (bicyclic) bond motifs is 4. The summed E-state index contributed by atoms with van der Waals surface area (Å²) in [5, 5.41) is 27.7. The van der Waals surface area contributed by atoms with Gasteiger partial charge in [-0.25, -0.2) is 0 Å². The van der Waals surface area contributed by atoms with E-state index in [2.05, 4.69) is 285 Å². The normalized spacial score (nSPS) is 10.8. The summed E-state index contributed by atoms with van der Waals surface area (Å²) in [7, 11) is -1.38. The first-order valence-corrected chi connectivity index (χ1v) is 25.7. The fourth-order valence-electron chi connectivity index (χ4n) is 9.51. The Morgan fingerprint density at radius 2 is 0.606 bits per heavy atom. The van der Waals surface area contributed by atoms with Gasteiger partial charge in [0.25, 0.3) is 0 Å². The van der Waals surface area contributed by atoms with Crippen LogP contribution in [0.5, 0.6) is 0 Å². The van der Waals surface area contributed by atoms with Crippen molar-refractivity contribution in [3.8, 4) is 55.6 Å². The van der Waals surface area contributed by atoms with E-state index < -0.39 is 7.12 Å². The van der Waals surface area contributed by atoms with Gasteiger partial charge in [0.1, 0.15) is 0 Å². The molecule has 0 unspecified atom stereocenters. The van der Waals surface area contributed by atoms with E-state index >= 15 is 0 Å². The third-order valence-corrected chi connectivity index (χ3v) is 14.2. The summed E-state index contributed by atoms with van der Waals surface area (Å²) in [6.07, 6.45) is 0. The van der Waals surface area contributed by atoms with Gasteiger partial charge < -0.3 is 14.8 Å². The highest BCUT2D eigenvalue weighted by molar-refractivity contribution is 14.1. The zero-order valence-electron chi connectivity index (χ0n) is 38.2. The molecule has 0 spiro atoms. The first kappa shape index (κ1) is 49.3. The molecule has 0 bridgehead atoms. The lowest BCUT2D eigenvalue weighted by Gasteiger charge is -2.18. The van der Waals surface area contributed by atoms with Gasteiger partial charge in [-0.3, -0.25) is 0 Å². The van der Waals surface area contributed by atoms with Gasteiger partial charge in [-0.05, 0) is 169 Å². The van der Waals surface area contributed by atoms with Crippen molar-refractivity contribution in [2.75, 3.05) is 0 Å². The third-order valence-electron chi connectivity index (χ3n) is 12.6. The molecular weight excluding hydrogens is 1120 g/mol. The van der Waals surface area contributed by atoms with Gasteiger partial charge in [0.15, 0.2) is 0 Å². The summed E-state index contributed by atoms with van der Waals surface area (Å²) in [6, 6.07) is 89.7. The second-order valence-electron chi connectivity index (χ2n) is 16.9. The predicted octanol–water partition coefficient (Wildman–Crippen LogP) is 14.8. The van der Waals surface area contributed by atoms with E-state index in [1.807, 2.05) is 6.07 Å². The molecule has 0 aliphatic heterocycles. The third kappa shape index (κ3) is 10.7. The lowest BCUT2D eigenvalue weighted by molar-refractivity contribution is -0.0000152. The highest BCUT2D eigenvalue weighted by Gasteiger charge is 2.19. The Morgan fingerprint density at radius 1 is 0.282 bits per heavy atom. The van der Waals surface area contributed by atoms with Crippen LogP contribution < -0.4 is 10.2 Å². The minimum Gasteiger partial charge on any atom is -1.00 e. The molecule has 0 aliphatic carbocycles. The zero-order chi connectivity index (χ0) is 48.0. The molecule has 7 heteroatoms. The molecule has 0 heterocycles. The maximum atomic E-state index is 8.68. The summed E-state index contributed by atoms with van der Waals surface area (Å²) in [5.41, 5.74) is 13.2. The number of rotatable bonds is 6. The number of benzene rings is 12. The van der Waals surface area contributed by atoms with E-state index in [-0.39, 0.29) is 4.70 Å². The minimum absolute atomic E-state index is 0. The summed E-state index contributed by atoms with van der Waals surface area (Å²) < 4.78 is 3.19. The summed E-state index contributed by atoms with van der Waals surface area (Å²) in [5.74, 6) is 0. The number of hydrogen-bond acceptors (Lipinski definition) is 2. The summed E-state index contributed by atoms with van der Waals surface area (Å²) in [4.78, 5) is 0. The fourth-order valence-corrected chi connectivity index (χ4v) is 10.8. The second-order valence-corrected chi connectivity index (χ2v) is 20.0. The van der Waals surface area contributed by atoms with Crippen molar-refractivity contribution in [1.82, 2.24) is 0 Å². The lowest BCUT2D eigenvalue weighted by Crippen LogP contribution is -3.00. The number of halogens is 4. The largest absolute Gasteiger partial charge is 1.00 e. The van der Waals surface area contributed by atoms with Crippen molar-refractivity contribution in [2.45, 2.75) is 0 Å². The Labute approximate surface area is 444 Å². The molecular formula is C64H44BBr2FIO2-. The van der Waals surface area contributed by atoms with Crippen LogP contribution in [-0.4, -0.2) is 17.2 Å². The van der Waals surface area contributed by atoms with Crippen LogP contribution in [0.25, 0.3) is 98.7 Å². The summed E-state index contributed by atoms with van der Waals surface area (Å²) in [6.45, 7) is 0. The Bertz CT molecular complexity index is 3780. The Hall–Kier alpha value is -6.72. The molecule has 0 atom stereocenters. The smallest absolute Gasteiger partial charge is 0.488 e. The van der Waals surface area contributed by atoms with E-state index in [4.69, 9.17) is 10.0 Å². The van der Waals surface area contributed by atoms with Crippen molar-refractivity contribution >= 4 is 110 Å². The Balaban J connectivity index is 0.000000148. The SMILES string of the molecule is Brc1cccc(-c2ccc3c(-c4ccccc4)c4ccccc4c(-c4ccccc4)c3c2)c1.Ic1ccc2c(-c3ccccc3)c3ccccc3c(-c3ccccc3)c2c1.OB(O)c1cccc(Br)c1.[F-]. The molecule has 2 N–H and O–H groups in total. The average molecular weight is 1160 g/mol.